The van der Waals surface area contributed by atoms with Crippen LogP contribution in [0.15, 0.2) is 65.6 Å². The van der Waals surface area contributed by atoms with Gasteiger partial charge in [-0.1, -0.05) is 48.5 Å². The highest BCUT2D eigenvalue weighted by atomic mass is 32.2. The number of benzene rings is 3. The van der Waals surface area contributed by atoms with Gasteiger partial charge in [0.15, 0.2) is 0 Å². The van der Waals surface area contributed by atoms with Gasteiger partial charge in [0, 0.05) is 5.39 Å². The molecule has 0 spiro atoms. The molecule has 1 unspecified atom stereocenters. The molecule has 1 aliphatic carbocycles. The molecule has 1 heterocycles. The number of carbonyl (C=O) groups excluding carboxylic acids is 1. The summed E-state index contributed by atoms with van der Waals surface area (Å²) >= 11 is 0. The molecule has 0 fully saturated rings. The normalized spacial score (nSPS) is 18.1. The quantitative estimate of drug-likeness (QED) is 0.582. The van der Waals surface area contributed by atoms with E-state index in [-0.39, 0.29) is 4.90 Å². The summed E-state index contributed by atoms with van der Waals surface area (Å²) in [4.78, 5) is 13.6. The number of fused-ring (bicyclic) bond motifs is 2. The van der Waals surface area contributed by atoms with E-state index in [0.717, 1.165) is 52.7 Å². The first-order valence-corrected chi connectivity index (χ1v) is 13.0. The number of carbonyl (C=O) groups is 1. The summed E-state index contributed by atoms with van der Waals surface area (Å²) in [6.45, 7) is 1.15. The summed E-state index contributed by atoms with van der Waals surface area (Å²) in [5, 5.41) is 1.39. The second kappa shape index (κ2) is 9.24. The molecule has 34 heavy (non-hydrogen) atoms. The van der Waals surface area contributed by atoms with E-state index < -0.39 is 21.8 Å². The predicted octanol–water partition coefficient (Wildman–Crippen LogP) is 4.58. The average Bonchev–Trinajstić information content (AvgIpc) is 2.87. The number of methoxy groups -OCH3 is 1. The van der Waals surface area contributed by atoms with E-state index in [1.807, 2.05) is 36.4 Å². The Kier molecular flexibility index (Phi) is 6.15. The molecule has 1 aliphatic heterocycles. The first-order chi connectivity index (χ1) is 16.5. The van der Waals surface area contributed by atoms with Gasteiger partial charge in [-0.05, 0) is 65.5 Å². The number of hydrogen-bond acceptors (Lipinski definition) is 5. The first kappa shape index (κ1) is 22.6. The zero-order valence-electron chi connectivity index (χ0n) is 19.0. The van der Waals surface area contributed by atoms with Gasteiger partial charge in [0.25, 0.3) is 10.0 Å². The van der Waals surface area contributed by atoms with Crippen molar-refractivity contribution in [2.45, 2.75) is 36.5 Å². The molecule has 3 aromatic rings. The van der Waals surface area contributed by atoms with Crippen molar-refractivity contribution in [3.05, 3.63) is 77.4 Å². The number of amides is 1. The van der Waals surface area contributed by atoms with Crippen LogP contribution in [0.5, 0.6) is 5.75 Å². The van der Waals surface area contributed by atoms with E-state index >= 15 is 0 Å². The highest BCUT2D eigenvalue weighted by Gasteiger charge is 2.34. The third-order valence-corrected chi connectivity index (χ3v) is 8.11. The largest absolute Gasteiger partial charge is 0.496 e. The summed E-state index contributed by atoms with van der Waals surface area (Å²) in [5.74, 6) is -0.348. The summed E-state index contributed by atoms with van der Waals surface area (Å²) < 4.78 is 40.1. The number of sulfonamides is 1. The van der Waals surface area contributed by atoms with Gasteiger partial charge in [-0.2, -0.15) is 0 Å². The van der Waals surface area contributed by atoms with Crippen molar-refractivity contribution < 1.29 is 22.7 Å². The van der Waals surface area contributed by atoms with Gasteiger partial charge < -0.3 is 9.47 Å². The Morgan fingerprint density at radius 2 is 1.88 bits per heavy atom. The maximum Gasteiger partial charge on any atom is 0.264 e. The van der Waals surface area contributed by atoms with Gasteiger partial charge in [0.2, 0.25) is 5.91 Å². The fourth-order valence-electron chi connectivity index (χ4n) is 5.12. The molecule has 1 N–H and O–H groups in total. The van der Waals surface area contributed by atoms with Crippen molar-refractivity contribution in [3.8, 4) is 5.75 Å². The number of nitrogens with one attached hydrogen (secondary N) is 1. The molecule has 6 nitrogen and oxygen atoms in total. The van der Waals surface area contributed by atoms with Crippen LogP contribution in [-0.2, 0) is 26.0 Å². The molecule has 3 aromatic carbocycles. The second-order valence-corrected chi connectivity index (χ2v) is 10.3. The van der Waals surface area contributed by atoms with Crippen molar-refractivity contribution in [2.24, 2.45) is 0 Å². The van der Waals surface area contributed by atoms with Crippen molar-refractivity contribution in [3.63, 3.8) is 0 Å². The third-order valence-electron chi connectivity index (χ3n) is 6.70. The Bertz CT molecular complexity index is 1390. The van der Waals surface area contributed by atoms with E-state index in [4.69, 9.17) is 9.47 Å². The summed E-state index contributed by atoms with van der Waals surface area (Å²) in [7, 11) is -2.43. The first-order valence-electron chi connectivity index (χ1n) is 11.5. The zero-order chi connectivity index (χ0) is 23.7. The van der Waals surface area contributed by atoms with Crippen LogP contribution >= 0.6 is 0 Å². The predicted molar refractivity (Wildman–Crippen MR) is 131 cm³/mol. The second-order valence-electron chi connectivity index (χ2n) is 8.65. The lowest BCUT2D eigenvalue weighted by Crippen LogP contribution is -2.36. The van der Waals surface area contributed by atoms with Crippen LogP contribution in [0.4, 0.5) is 0 Å². The molecule has 0 aromatic heterocycles. The van der Waals surface area contributed by atoms with Crippen molar-refractivity contribution in [1.82, 2.24) is 4.72 Å². The molecule has 1 atom stereocenters. The molecule has 2 aliphatic rings. The Morgan fingerprint density at radius 1 is 1.06 bits per heavy atom. The van der Waals surface area contributed by atoms with Crippen LogP contribution in [0.1, 0.15) is 41.9 Å². The van der Waals surface area contributed by atoms with E-state index in [1.165, 1.54) is 6.07 Å². The third kappa shape index (κ3) is 4.10. The molecule has 176 valence electrons. The Balaban J connectivity index is 1.54. The molecule has 0 radical (unpaired) electrons. The smallest absolute Gasteiger partial charge is 0.264 e. The highest BCUT2D eigenvalue weighted by molar-refractivity contribution is 7.90. The lowest BCUT2D eigenvalue weighted by Gasteiger charge is -2.30. The van der Waals surface area contributed by atoms with Crippen LogP contribution in [0.25, 0.3) is 16.3 Å². The SMILES string of the molecule is COc1ccc(C2=CCOCC2)c2c1CCCC2C(=O)NS(=O)(=O)c1cccc2ccccc12. The summed E-state index contributed by atoms with van der Waals surface area (Å²) in [5.41, 5.74) is 3.98. The fourth-order valence-corrected chi connectivity index (χ4v) is 6.37. The molecule has 7 heteroatoms. The van der Waals surface area contributed by atoms with Crippen LogP contribution in [-0.4, -0.2) is 34.6 Å². The average molecular weight is 478 g/mol. The van der Waals surface area contributed by atoms with Gasteiger partial charge in [-0.15, -0.1) is 0 Å². The Morgan fingerprint density at radius 3 is 2.68 bits per heavy atom. The minimum absolute atomic E-state index is 0.105. The molecule has 0 bridgehead atoms. The van der Waals surface area contributed by atoms with Gasteiger partial charge in [0.05, 0.1) is 31.1 Å². The fraction of sp³-hybridized carbons (Fsp3) is 0.296. The van der Waals surface area contributed by atoms with Crippen LogP contribution in [0.3, 0.4) is 0 Å². The standard InChI is InChI=1S/C27H27NO5S/c1-32-24-13-12-21(19-14-16-33-17-15-19)26-22(24)9-5-10-23(26)27(29)28-34(30,31)25-11-4-7-18-6-2-3-8-20(18)25/h2-4,6-8,11-14,23H,5,9-10,15-17H2,1H3,(H,28,29). The van der Waals surface area contributed by atoms with E-state index in [0.29, 0.717) is 25.0 Å². The molecule has 0 saturated heterocycles. The highest BCUT2D eigenvalue weighted by Crippen LogP contribution is 2.42. The number of rotatable bonds is 5. The van der Waals surface area contributed by atoms with Crippen LogP contribution in [0.2, 0.25) is 0 Å². The van der Waals surface area contributed by atoms with E-state index in [2.05, 4.69) is 4.72 Å². The minimum atomic E-state index is -4.06. The molecule has 0 saturated carbocycles. The van der Waals surface area contributed by atoms with Gasteiger partial charge >= 0.3 is 0 Å². The molecular weight excluding hydrogens is 450 g/mol. The lowest BCUT2D eigenvalue weighted by molar-refractivity contribution is -0.121. The van der Waals surface area contributed by atoms with E-state index in [9.17, 15) is 13.2 Å². The van der Waals surface area contributed by atoms with Gasteiger partial charge in [-0.25, -0.2) is 13.1 Å². The topological polar surface area (TPSA) is 81.7 Å². The Labute approximate surface area is 199 Å². The maximum atomic E-state index is 13.5. The van der Waals surface area contributed by atoms with Gasteiger partial charge in [0.1, 0.15) is 5.75 Å². The maximum absolute atomic E-state index is 13.5. The lowest BCUT2D eigenvalue weighted by atomic mass is 9.77. The molecule has 5 rings (SSSR count). The monoisotopic (exact) mass is 477 g/mol. The van der Waals surface area contributed by atoms with Crippen LogP contribution < -0.4 is 9.46 Å². The number of ether oxygens (including phenoxy) is 2. The van der Waals surface area contributed by atoms with Gasteiger partial charge in [-0.3, -0.25) is 4.79 Å². The van der Waals surface area contributed by atoms with Crippen molar-refractivity contribution >= 4 is 32.3 Å². The Hall–Kier alpha value is -3.16. The van der Waals surface area contributed by atoms with Crippen molar-refractivity contribution in [2.75, 3.05) is 20.3 Å². The summed E-state index contributed by atoms with van der Waals surface area (Å²) in [6.07, 6.45) is 4.94. The summed E-state index contributed by atoms with van der Waals surface area (Å²) in [6, 6.07) is 16.3. The van der Waals surface area contributed by atoms with Crippen LogP contribution in [0, 0.1) is 0 Å². The minimum Gasteiger partial charge on any atom is -0.496 e. The number of hydrogen-bond donors (Lipinski definition) is 1. The molecular formula is C27H27NO5S. The van der Waals surface area contributed by atoms with Crippen molar-refractivity contribution in [1.29, 1.82) is 0 Å². The molecule has 1 amide bonds. The zero-order valence-corrected chi connectivity index (χ0v) is 19.9. The van der Waals surface area contributed by atoms with E-state index in [1.54, 1.807) is 25.3 Å².